The minimum Gasteiger partial charge on any atom is -0.368 e. The molecule has 0 radical (unpaired) electrons. The third-order valence-electron chi connectivity index (χ3n) is 4.97. The summed E-state index contributed by atoms with van der Waals surface area (Å²) in [4.78, 5) is 7.94. The van der Waals surface area contributed by atoms with Gasteiger partial charge in [-0.15, -0.1) is 0 Å². The van der Waals surface area contributed by atoms with Gasteiger partial charge in [-0.25, -0.2) is 8.42 Å². The Morgan fingerprint density at radius 2 is 1.81 bits per heavy atom. The highest BCUT2D eigenvalue weighted by Crippen LogP contribution is 2.34. The minimum atomic E-state index is -3.68. The zero-order valence-corrected chi connectivity index (χ0v) is 17.9. The number of aromatic nitrogens is 1. The standard InChI is InChI=1S/C19H19BrClN3O2S/c1-23-6-8-24(9-7-23)18-5-3-14(11-16(18)21)27(25,26)19-12-22-17-4-2-13(20)10-15(17)19/h2-5,10-12,22H,6-9H2,1H3. The molecule has 1 N–H and O–H groups in total. The lowest BCUT2D eigenvalue weighted by Crippen LogP contribution is -2.44. The van der Waals surface area contributed by atoms with Crippen LogP contribution < -0.4 is 4.90 Å². The fraction of sp³-hybridized carbons (Fsp3) is 0.263. The monoisotopic (exact) mass is 467 g/mol. The molecular weight excluding hydrogens is 450 g/mol. The molecule has 0 atom stereocenters. The lowest BCUT2D eigenvalue weighted by Gasteiger charge is -2.34. The number of aromatic amines is 1. The van der Waals surface area contributed by atoms with Gasteiger partial charge >= 0.3 is 0 Å². The number of rotatable bonds is 3. The molecule has 1 saturated heterocycles. The summed E-state index contributed by atoms with van der Waals surface area (Å²) in [5.41, 5.74) is 1.65. The number of nitrogens with one attached hydrogen (secondary N) is 1. The fourth-order valence-corrected chi connectivity index (χ4v) is 5.55. The molecule has 142 valence electrons. The summed E-state index contributed by atoms with van der Waals surface area (Å²) in [7, 11) is -1.59. The molecule has 2 aromatic carbocycles. The zero-order chi connectivity index (χ0) is 19.2. The number of halogens is 2. The van der Waals surface area contributed by atoms with Gasteiger partial charge in [-0.05, 0) is 43.4 Å². The lowest BCUT2D eigenvalue weighted by atomic mass is 10.2. The Morgan fingerprint density at radius 1 is 1.07 bits per heavy atom. The molecule has 8 heteroatoms. The highest BCUT2D eigenvalue weighted by atomic mass is 79.9. The van der Waals surface area contributed by atoms with E-state index in [-0.39, 0.29) is 9.79 Å². The molecule has 0 unspecified atom stereocenters. The number of sulfone groups is 1. The molecule has 0 bridgehead atoms. The first-order chi connectivity index (χ1) is 12.9. The Morgan fingerprint density at radius 3 is 2.52 bits per heavy atom. The number of anilines is 1. The first-order valence-electron chi connectivity index (χ1n) is 8.61. The van der Waals surface area contributed by atoms with Gasteiger partial charge in [-0.2, -0.15) is 0 Å². The van der Waals surface area contributed by atoms with E-state index in [9.17, 15) is 8.42 Å². The minimum absolute atomic E-state index is 0.200. The number of hydrogen-bond acceptors (Lipinski definition) is 4. The van der Waals surface area contributed by atoms with Crippen LogP contribution in [0.3, 0.4) is 0 Å². The summed E-state index contributed by atoms with van der Waals surface area (Å²) in [6, 6.07) is 10.5. The number of benzene rings is 2. The van der Waals surface area contributed by atoms with Gasteiger partial charge in [0.15, 0.2) is 0 Å². The van der Waals surface area contributed by atoms with E-state index in [1.165, 1.54) is 6.20 Å². The quantitative estimate of drug-likeness (QED) is 0.627. The van der Waals surface area contributed by atoms with Gasteiger partial charge in [0.05, 0.1) is 20.5 Å². The molecule has 1 fully saturated rings. The van der Waals surface area contributed by atoms with Crippen LogP contribution in [-0.4, -0.2) is 51.5 Å². The number of H-pyrrole nitrogens is 1. The molecule has 0 aliphatic carbocycles. The molecule has 1 aliphatic rings. The molecule has 27 heavy (non-hydrogen) atoms. The number of nitrogens with zero attached hydrogens (tertiary/aromatic N) is 2. The van der Waals surface area contributed by atoms with Gasteiger partial charge in [0.25, 0.3) is 0 Å². The van der Waals surface area contributed by atoms with Crippen LogP contribution in [0.15, 0.2) is 56.9 Å². The topological polar surface area (TPSA) is 56.4 Å². The third-order valence-corrected chi connectivity index (χ3v) is 7.56. The zero-order valence-electron chi connectivity index (χ0n) is 14.7. The van der Waals surface area contributed by atoms with Gasteiger partial charge in [-0.3, -0.25) is 0 Å². The van der Waals surface area contributed by atoms with Gasteiger partial charge in [0.2, 0.25) is 9.84 Å². The van der Waals surface area contributed by atoms with Crippen LogP contribution in [0.5, 0.6) is 0 Å². The van der Waals surface area contributed by atoms with Crippen molar-refractivity contribution in [3.63, 3.8) is 0 Å². The summed E-state index contributed by atoms with van der Waals surface area (Å²) < 4.78 is 27.2. The first kappa shape index (κ1) is 18.8. The molecule has 4 rings (SSSR count). The van der Waals surface area contributed by atoms with Crippen LogP contribution in [-0.2, 0) is 9.84 Å². The smallest absolute Gasteiger partial charge is 0.208 e. The van der Waals surface area contributed by atoms with Gasteiger partial charge in [0, 0.05) is 47.8 Å². The van der Waals surface area contributed by atoms with E-state index in [0.29, 0.717) is 10.4 Å². The van der Waals surface area contributed by atoms with Crippen molar-refractivity contribution in [3.8, 4) is 0 Å². The van der Waals surface area contributed by atoms with Crippen molar-refractivity contribution < 1.29 is 8.42 Å². The fourth-order valence-electron chi connectivity index (χ4n) is 3.38. The molecule has 1 aromatic heterocycles. The highest BCUT2D eigenvalue weighted by Gasteiger charge is 2.24. The largest absolute Gasteiger partial charge is 0.368 e. The predicted molar refractivity (Wildman–Crippen MR) is 113 cm³/mol. The molecular formula is C19H19BrClN3O2S. The van der Waals surface area contributed by atoms with E-state index in [1.54, 1.807) is 18.2 Å². The highest BCUT2D eigenvalue weighted by molar-refractivity contribution is 9.10. The summed E-state index contributed by atoms with van der Waals surface area (Å²) in [6.07, 6.45) is 1.54. The lowest BCUT2D eigenvalue weighted by molar-refractivity contribution is 0.313. The van der Waals surface area contributed by atoms with E-state index in [2.05, 4.69) is 37.8 Å². The molecule has 1 aliphatic heterocycles. The first-order valence-corrected chi connectivity index (χ1v) is 11.3. The molecule has 0 spiro atoms. The van der Waals surface area contributed by atoms with Crippen molar-refractivity contribution in [1.82, 2.24) is 9.88 Å². The van der Waals surface area contributed by atoms with E-state index < -0.39 is 9.84 Å². The predicted octanol–water partition coefficient (Wildman–Crippen LogP) is 4.17. The Labute approximate surface area is 172 Å². The number of fused-ring (bicyclic) bond motifs is 1. The van der Waals surface area contributed by atoms with Crippen LogP contribution >= 0.6 is 27.5 Å². The van der Waals surface area contributed by atoms with Crippen molar-refractivity contribution in [1.29, 1.82) is 0 Å². The van der Waals surface area contributed by atoms with Gasteiger partial charge < -0.3 is 14.8 Å². The normalized spacial score (nSPS) is 16.2. The maximum atomic E-state index is 13.2. The van der Waals surface area contributed by atoms with Crippen molar-refractivity contribution >= 4 is 54.0 Å². The number of piperazine rings is 1. The van der Waals surface area contributed by atoms with E-state index >= 15 is 0 Å². The second-order valence-electron chi connectivity index (χ2n) is 6.75. The summed E-state index contributed by atoms with van der Waals surface area (Å²) in [6.45, 7) is 3.67. The Hall–Kier alpha value is -1.54. The molecule has 0 saturated carbocycles. The molecule has 2 heterocycles. The van der Waals surface area contributed by atoms with Gasteiger partial charge in [0.1, 0.15) is 0 Å². The number of likely N-dealkylation sites (N-methyl/N-ethyl adjacent to an activating group) is 1. The van der Waals surface area contributed by atoms with Crippen molar-refractivity contribution in [2.24, 2.45) is 0 Å². The van der Waals surface area contributed by atoms with Crippen LogP contribution in [0.4, 0.5) is 5.69 Å². The van der Waals surface area contributed by atoms with Crippen molar-refractivity contribution in [3.05, 3.63) is 52.1 Å². The summed E-state index contributed by atoms with van der Waals surface area (Å²) >= 11 is 9.88. The maximum Gasteiger partial charge on any atom is 0.208 e. The van der Waals surface area contributed by atoms with Crippen LogP contribution in [0, 0.1) is 0 Å². The summed E-state index contributed by atoms with van der Waals surface area (Å²) in [5, 5.41) is 1.12. The Bertz CT molecular complexity index is 1110. The average molecular weight is 469 g/mol. The molecule has 5 nitrogen and oxygen atoms in total. The van der Waals surface area contributed by atoms with Crippen LogP contribution in [0.2, 0.25) is 5.02 Å². The molecule has 0 amide bonds. The second-order valence-corrected chi connectivity index (χ2v) is 9.99. The number of hydrogen-bond donors (Lipinski definition) is 1. The Balaban J connectivity index is 1.72. The van der Waals surface area contributed by atoms with Gasteiger partial charge in [-0.1, -0.05) is 27.5 Å². The van der Waals surface area contributed by atoms with Crippen molar-refractivity contribution in [2.45, 2.75) is 9.79 Å². The maximum absolute atomic E-state index is 13.2. The molecule has 3 aromatic rings. The SMILES string of the molecule is CN1CCN(c2ccc(S(=O)(=O)c3c[nH]c4ccc(Br)cc34)cc2Cl)CC1. The van der Waals surface area contributed by atoms with Crippen molar-refractivity contribution in [2.75, 3.05) is 38.1 Å². The van der Waals surface area contributed by atoms with E-state index in [4.69, 9.17) is 11.6 Å². The Kier molecular flexibility index (Phi) is 4.96. The average Bonchev–Trinajstić information content (AvgIpc) is 3.06. The van der Waals surface area contributed by atoms with E-state index in [1.807, 2.05) is 18.2 Å². The third kappa shape index (κ3) is 3.49. The van der Waals surface area contributed by atoms with Crippen LogP contribution in [0.25, 0.3) is 10.9 Å². The van der Waals surface area contributed by atoms with E-state index in [0.717, 1.165) is 41.9 Å². The van der Waals surface area contributed by atoms with Crippen LogP contribution in [0.1, 0.15) is 0 Å². The summed E-state index contributed by atoms with van der Waals surface area (Å²) in [5.74, 6) is 0. The second kappa shape index (κ2) is 7.13.